The number of likely N-dealkylation sites (tertiary alicyclic amines) is 1. The monoisotopic (exact) mass is 455 g/mol. The Balaban J connectivity index is 1.37. The lowest BCUT2D eigenvalue weighted by Gasteiger charge is -2.31. The Morgan fingerprint density at radius 1 is 1.03 bits per heavy atom. The Kier molecular flexibility index (Phi) is 6.48. The molecular formula is C22H22ClN5O2S. The van der Waals surface area contributed by atoms with Crippen LogP contribution in [0.2, 0.25) is 5.02 Å². The van der Waals surface area contributed by atoms with Crippen LogP contribution < -0.4 is 10.6 Å². The number of hydrogen-bond acceptors (Lipinski definition) is 5. The summed E-state index contributed by atoms with van der Waals surface area (Å²) in [6.45, 7) is 3.20. The number of amides is 3. The number of carbonyl (C=O) groups is 2. The lowest BCUT2D eigenvalue weighted by atomic mass is 9.99. The van der Waals surface area contributed by atoms with E-state index in [1.165, 1.54) is 11.3 Å². The van der Waals surface area contributed by atoms with Crippen LogP contribution in [0.5, 0.6) is 0 Å². The molecule has 0 unspecified atom stereocenters. The van der Waals surface area contributed by atoms with Crippen LogP contribution in [0, 0.1) is 6.92 Å². The summed E-state index contributed by atoms with van der Waals surface area (Å²) in [5, 5.41) is 15.8. The molecule has 1 aliphatic heterocycles. The van der Waals surface area contributed by atoms with Crippen molar-refractivity contribution < 1.29 is 9.59 Å². The Bertz CT molecular complexity index is 1070. The summed E-state index contributed by atoms with van der Waals surface area (Å²) in [6, 6.07) is 14.4. The van der Waals surface area contributed by atoms with E-state index in [4.69, 9.17) is 11.6 Å². The molecule has 160 valence electrons. The minimum Gasteiger partial charge on any atom is -0.324 e. The molecule has 1 saturated heterocycles. The molecule has 1 atom stereocenters. The third kappa shape index (κ3) is 5.39. The normalized spacial score (nSPS) is 16.1. The zero-order chi connectivity index (χ0) is 21.8. The van der Waals surface area contributed by atoms with Gasteiger partial charge >= 0.3 is 6.03 Å². The molecule has 2 heterocycles. The summed E-state index contributed by atoms with van der Waals surface area (Å²) in [5.41, 5.74) is 2.54. The van der Waals surface area contributed by atoms with Gasteiger partial charge in [-0.1, -0.05) is 40.6 Å². The van der Waals surface area contributed by atoms with Crippen molar-refractivity contribution in [2.24, 2.45) is 0 Å². The number of nitrogens with zero attached hydrogens (tertiary/aromatic N) is 3. The van der Waals surface area contributed by atoms with E-state index in [0.717, 1.165) is 29.1 Å². The number of halogens is 1. The van der Waals surface area contributed by atoms with Gasteiger partial charge in [0, 0.05) is 35.4 Å². The summed E-state index contributed by atoms with van der Waals surface area (Å²) in [5.74, 6) is -0.219. The molecule has 3 aromatic rings. The number of carbonyl (C=O) groups excluding carboxylic acids is 2. The number of rotatable bonds is 4. The molecule has 3 amide bonds. The second-order valence-electron chi connectivity index (χ2n) is 7.49. The third-order valence-corrected chi connectivity index (χ3v) is 6.43. The van der Waals surface area contributed by atoms with Gasteiger partial charge in [0.25, 0.3) is 5.91 Å². The summed E-state index contributed by atoms with van der Waals surface area (Å²) in [7, 11) is 0. The van der Waals surface area contributed by atoms with Crippen molar-refractivity contribution in [3.63, 3.8) is 0 Å². The van der Waals surface area contributed by atoms with Crippen molar-refractivity contribution in [1.82, 2.24) is 15.1 Å². The van der Waals surface area contributed by atoms with Gasteiger partial charge in [0.15, 0.2) is 0 Å². The lowest BCUT2D eigenvalue weighted by Crippen LogP contribution is -2.41. The number of nitrogens with one attached hydrogen (secondary N) is 2. The van der Waals surface area contributed by atoms with Crippen molar-refractivity contribution in [2.45, 2.75) is 25.7 Å². The minimum atomic E-state index is -0.277. The zero-order valence-corrected chi connectivity index (χ0v) is 18.5. The molecule has 0 aliphatic carbocycles. The molecule has 2 aromatic carbocycles. The van der Waals surface area contributed by atoms with E-state index in [0.29, 0.717) is 28.8 Å². The molecule has 0 radical (unpaired) electrons. The Labute approximate surface area is 189 Å². The fourth-order valence-electron chi connectivity index (χ4n) is 3.41. The van der Waals surface area contributed by atoms with E-state index >= 15 is 0 Å². The van der Waals surface area contributed by atoms with Crippen LogP contribution in [0.1, 0.15) is 39.1 Å². The van der Waals surface area contributed by atoms with E-state index < -0.39 is 0 Å². The first-order valence-corrected chi connectivity index (χ1v) is 11.2. The predicted molar refractivity (Wildman–Crippen MR) is 123 cm³/mol. The van der Waals surface area contributed by atoms with Gasteiger partial charge in [-0.15, -0.1) is 10.2 Å². The van der Waals surface area contributed by atoms with Gasteiger partial charge in [-0.2, -0.15) is 0 Å². The fourth-order valence-corrected chi connectivity index (χ4v) is 4.40. The van der Waals surface area contributed by atoms with E-state index in [9.17, 15) is 9.59 Å². The molecule has 1 aromatic heterocycles. The van der Waals surface area contributed by atoms with E-state index in [1.54, 1.807) is 29.2 Å². The van der Waals surface area contributed by atoms with Crippen LogP contribution in [0.25, 0.3) is 0 Å². The van der Waals surface area contributed by atoms with Gasteiger partial charge in [0.1, 0.15) is 5.01 Å². The van der Waals surface area contributed by atoms with Crippen LogP contribution in [-0.2, 0) is 0 Å². The van der Waals surface area contributed by atoms with Gasteiger partial charge in [-0.05, 0) is 56.2 Å². The Morgan fingerprint density at radius 2 is 1.71 bits per heavy atom. The highest BCUT2D eigenvalue weighted by atomic mass is 35.5. The van der Waals surface area contributed by atoms with Crippen LogP contribution in [-0.4, -0.2) is 40.1 Å². The average Bonchev–Trinajstić information content (AvgIpc) is 3.28. The van der Waals surface area contributed by atoms with Crippen LogP contribution in [0.3, 0.4) is 0 Å². The van der Waals surface area contributed by atoms with E-state index in [2.05, 4.69) is 20.8 Å². The number of aromatic nitrogens is 2. The maximum absolute atomic E-state index is 12.7. The smallest absolute Gasteiger partial charge is 0.321 e. The zero-order valence-electron chi connectivity index (χ0n) is 17.0. The predicted octanol–water partition coefficient (Wildman–Crippen LogP) is 5.16. The van der Waals surface area contributed by atoms with Gasteiger partial charge in [0.05, 0.1) is 0 Å². The maximum Gasteiger partial charge on any atom is 0.321 e. The molecule has 9 heteroatoms. The molecule has 0 bridgehead atoms. The molecular weight excluding hydrogens is 434 g/mol. The van der Waals surface area contributed by atoms with Crippen molar-refractivity contribution in [3.05, 3.63) is 69.1 Å². The van der Waals surface area contributed by atoms with Crippen molar-refractivity contribution in [1.29, 1.82) is 0 Å². The van der Waals surface area contributed by atoms with E-state index in [-0.39, 0.29) is 17.9 Å². The highest BCUT2D eigenvalue weighted by Crippen LogP contribution is 2.30. The van der Waals surface area contributed by atoms with Gasteiger partial charge in [0.2, 0.25) is 5.01 Å². The third-order valence-electron chi connectivity index (χ3n) is 5.10. The van der Waals surface area contributed by atoms with Crippen LogP contribution in [0.15, 0.2) is 48.5 Å². The summed E-state index contributed by atoms with van der Waals surface area (Å²) in [4.78, 5) is 26.9. The van der Waals surface area contributed by atoms with Gasteiger partial charge in [-0.25, -0.2) is 4.79 Å². The first-order chi connectivity index (χ1) is 15.0. The topological polar surface area (TPSA) is 87.2 Å². The molecule has 31 heavy (non-hydrogen) atoms. The largest absolute Gasteiger partial charge is 0.324 e. The SMILES string of the molecule is Cc1ccc(NC(=O)c2nnc([C@@H]3CCCN(C(=O)Nc4ccc(Cl)cc4)C3)s2)cc1. The lowest BCUT2D eigenvalue weighted by molar-refractivity contribution is 0.102. The molecule has 7 nitrogen and oxygen atoms in total. The molecule has 1 fully saturated rings. The summed E-state index contributed by atoms with van der Waals surface area (Å²) < 4.78 is 0. The minimum absolute atomic E-state index is 0.0585. The first kappa shape index (κ1) is 21.3. The second-order valence-corrected chi connectivity index (χ2v) is 8.93. The number of piperidine rings is 1. The number of aryl methyl sites for hydroxylation is 1. The molecule has 2 N–H and O–H groups in total. The number of anilines is 2. The fraction of sp³-hybridized carbons (Fsp3) is 0.273. The van der Waals surface area contributed by atoms with E-state index in [1.807, 2.05) is 31.2 Å². The van der Waals surface area contributed by atoms with Crippen molar-refractivity contribution >= 4 is 46.3 Å². The maximum atomic E-state index is 12.7. The molecule has 0 spiro atoms. The molecule has 0 saturated carbocycles. The van der Waals surface area contributed by atoms with Crippen LogP contribution >= 0.6 is 22.9 Å². The summed E-state index contributed by atoms with van der Waals surface area (Å²) >= 11 is 7.18. The standard InChI is InChI=1S/C22H22ClN5O2S/c1-14-4-8-17(9-5-14)24-19(29)21-27-26-20(31-21)15-3-2-12-28(13-15)22(30)25-18-10-6-16(23)7-11-18/h4-11,15H,2-3,12-13H2,1H3,(H,24,29)(H,25,30)/t15-/m1/s1. The molecule has 4 rings (SSSR count). The Morgan fingerprint density at radius 3 is 2.45 bits per heavy atom. The number of hydrogen-bond donors (Lipinski definition) is 2. The Hall–Kier alpha value is -2.97. The highest BCUT2D eigenvalue weighted by molar-refractivity contribution is 7.13. The number of benzene rings is 2. The number of urea groups is 1. The van der Waals surface area contributed by atoms with Gasteiger partial charge < -0.3 is 15.5 Å². The highest BCUT2D eigenvalue weighted by Gasteiger charge is 2.28. The van der Waals surface area contributed by atoms with Crippen molar-refractivity contribution in [2.75, 3.05) is 23.7 Å². The average molecular weight is 456 g/mol. The first-order valence-electron chi connectivity index (χ1n) is 10.0. The second kappa shape index (κ2) is 9.45. The van der Waals surface area contributed by atoms with Crippen LogP contribution in [0.4, 0.5) is 16.2 Å². The van der Waals surface area contributed by atoms with Gasteiger partial charge in [-0.3, -0.25) is 4.79 Å². The quantitative estimate of drug-likeness (QED) is 0.568. The summed E-state index contributed by atoms with van der Waals surface area (Å²) in [6.07, 6.45) is 1.77. The van der Waals surface area contributed by atoms with Crippen molar-refractivity contribution in [3.8, 4) is 0 Å². The molecule has 1 aliphatic rings.